The van der Waals surface area contributed by atoms with E-state index in [0.717, 1.165) is 16.5 Å². The van der Waals surface area contributed by atoms with Crippen molar-refractivity contribution < 1.29 is 14.0 Å². The molecule has 2 heterocycles. The van der Waals surface area contributed by atoms with Crippen molar-refractivity contribution in [1.29, 1.82) is 0 Å². The van der Waals surface area contributed by atoms with Gasteiger partial charge in [-0.1, -0.05) is 42.5 Å². The van der Waals surface area contributed by atoms with Gasteiger partial charge in [-0.15, -0.1) is 0 Å². The van der Waals surface area contributed by atoms with Gasteiger partial charge in [0.15, 0.2) is 0 Å². The van der Waals surface area contributed by atoms with E-state index in [1.54, 1.807) is 57.1 Å². The molecule has 0 aliphatic heterocycles. The Kier molecular flexibility index (Phi) is 7.52. The number of anilines is 2. The Bertz CT molecular complexity index is 1810. The quantitative estimate of drug-likeness (QED) is 0.274. The Morgan fingerprint density at radius 3 is 2.51 bits per heavy atom. The number of rotatable bonds is 8. The summed E-state index contributed by atoms with van der Waals surface area (Å²) in [5.74, 6) is -0.479. The van der Waals surface area contributed by atoms with Gasteiger partial charge in [-0.2, -0.15) is 4.98 Å². The summed E-state index contributed by atoms with van der Waals surface area (Å²) in [5.41, 5.74) is 1.10. The van der Waals surface area contributed by atoms with E-state index in [9.17, 15) is 14.4 Å². The zero-order valence-electron chi connectivity index (χ0n) is 23.4. The van der Waals surface area contributed by atoms with Crippen LogP contribution in [0.4, 0.5) is 11.7 Å². The molecule has 5 aromatic rings. The first-order valence-electron chi connectivity index (χ1n) is 13.3. The topological polar surface area (TPSA) is 117 Å². The summed E-state index contributed by atoms with van der Waals surface area (Å²) in [7, 11) is 1.72. The maximum absolute atomic E-state index is 13.2. The smallest absolute Gasteiger partial charge is 0.348 e. The van der Waals surface area contributed by atoms with Crippen LogP contribution in [0.5, 0.6) is 0 Å². The number of hydrogen-bond acceptors (Lipinski definition) is 7. The van der Waals surface area contributed by atoms with Crippen LogP contribution in [-0.4, -0.2) is 45.8 Å². The first kappa shape index (κ1) is 27.5. The van der Waals surface area contributed by atoms with Gasteiger partial charge < -0.3 is 20.0 Å². The first-order valence-corrected chi connectivity index (χ1v) is 13.3. The zero-order chi connectivity index (χ0) is 29.1. The minimum atomic E-state index is -1.10. The van der Waals surface area contributed by atoms with Gasteiger partial charge in [-0.05, 0) is 67.4 Å². The summed E-state index contributed by atoms with van der Waals surface area (Å²) >= 11 is 0. The largest absolute Gasteiger partial charge is 0.389 e. The van der Waals surface area contributed by atoms with Crippen LogP contribution in [0, 0.1) is 6.92 Å². The normalized spacial score (nSPS) is 11.4. The SMILES string of the molecule is Cc1c(NC(=O)c2cccc3ccccc23)ccc2nc(NC(C)(C)C(=O)N(C)CCc3ccccn3)oc(=O)c12. The number of nitrogens with one attached hydrogen (secondary N) is 2. The molecule has 2 aromatic heterocycles. The minimum Gasteiger partial charge on any atom is -0.389 e. The third-order valence-corrected chi connectivity index (χ3v) is 7.07. The highest BCUT2D eigenvalue weighted by atomic mass is 16.4. The second kappa shape index (κ2) is 11.2. The molecule has 0 fully saturated rings. The van der Waals surface area contributed by atoms with Crippen molar-refractivity contribution in [2.75, 3.05) is 24.2 Å². The van der Waals surface area contributed by atoms with Crippen LogP contribution >= 0.6 is 0 Å². The van der Waals surface area contributed by atoms with Gasteiger partial charge in [-0.25, -0.2) is 4.79 Å². The van der Waals surface area contributed by atoms with E-state index in [4.69, 9.17) is 4.42 Å². The predicted molar refractivity (Wildman–Crippen MR) is 160 cm³/mol. The van der Waals surface area contributed by atoms with Crippen molar-refractivity contribution in [2.45, 2.75) is 32.7 Å². The molecule has 0 bridgehead atoms. The summed E-state index contributed by atoms with van der Waals surface area (Å²) in [5, 5.41) is 7.95. The number of pyridine rings is 1. The van der Waals surface area contributed by atoms with Crippen molar-refractivity contribution >= 4 is 45.2 Å². The van der Waals surface area contributed by atoms with E-state index >= 15 is 0 Å². The Labute approximate surface area is 237 Å². The molecule has 0 radical (unpaired) electrons. The van der Waals surface area contributed by atoms with Crippen LogP contribution < -0.4 is 16.3 Å². The van der Waals surface area contributed by atoms with Crippen molar-refractivity contribution in [2.24, 2.45) is 0 Å². The third-order valence-electron chi connectivity index (χ3n) is 7.07. The van der Waals surface area contributed by atoms with Crippen molar-refractivity contribution in [3.05, 3.63) is 106 Å². The summed E-state index contributed by atoms with van der Waals surface area (Å²) in [6.45, 7) is 5.62. The van der Waals surface area contributed by atoms with Gasteiger partial charge in [0.1, 0.15) is 5.54 Å². The summed E-state index contributed by atoms with van der Waals surface area (Å²) in [6.07, 6.45) is 2.33. The second-order valence-electron chi connectivity index (χ2n) is 10.5. The lowest BCUT2D eigenvalue weighted by Crippen LogP contribution is -2.49. The fourth-order valence-corrected chi connectivity index (χ4v) is 4.85. The number of carbonyl (C=O) groups is 2. The van der Waals surface area contributed by atoms with Gasteiger partial charge in [0.2, 0.25) is 5.91 Å². The number of aryl methyl sites for hydroxylation is 1. The molecule has 41 heavy (non-hydrogen) atoms. The highest BCUT2D eigenvalue weighted by Crippen LogP contribution is 2.26. The number of benzene rings is 3. The molecule has 0 aliphatic rings. The summed E-state index contributed by atoms with van der Waals surface area (Å²) in [6, 6.07) is 22.2. The van der Waals surface area contributed by atoms with Crippen LogP contribution in [-0.2, 0) is 11.2 Å². The lowest BCUT2D eigenvalue weighted by Gasteiger charge is -2.30. The van der Waals surface area contributed by atoms with Gasteiger partial charge in [0, 0.05) is 43.2 Å². The number of nitrogens with zero attached hydrogens (tertiary/aromatic N) is 3. The van der Waals surface area contributed by atoms with Crippen LogP contribution in [0.1, 0.15) is 35.5 Å². The van der Waals surface area contributed by atoms with E-state index in [-0.39, 0.29) is 23.2 Å². The fraction of sp³-hybridized carbons (Fsp3) is 0.219. The number of hydrogen-bond donors (Lipinski definition) is 2. The van der Waals surface area contributed by atoms with Gasteiger partial charge in [0.05, 0.1) is 10.9 Å². The maximum Gasteiger partial charge on any atom is 0.348 e. The first-order chi connectivity index (χ1) is 19.6. The molecular formula is C32H31N5O4. The molecule has 9 heteroatoms. The van der Waals surface area contributed by atoms with E-state index in [0.29, 0.717) is 35.3 Å². The van der Waals surface area contributed by atoms with Gasteiger partial charge in [-0.3, -0.25) is 14.6 Å². The highest BCUT2D eigenvalue weighted by Gasteiger charge is 2.32. The molecule has 0 saturated heterocycles. The average molecular weight is 550 g/mol. The van der Waals surface area contributed by atoms with Crippen LogP contribution in [0.3, 0.4) is 0 Å². The molecule has 208 valence electrons. The Balaban J connectivity index is 1.34. The Hall–Kier alpha value is -5.05. The standard InChI is InChI=1S/C32H31N5O4/c1-20-25(34-28(38)24-14-9-11-21-10-5-6-13-23(21)24)15-16-26-27(20)29(39)41-31(35-26)36-32(2,3)30(40)37(4)19-17-22-12-7-8-18-33-22/h5-16,18H,17,19H2,1-4H3,(H,34,38)(H,35,36). The monoisotopic (exact) mass is 549 g/mol. The molecule has 2 N–H and O–H groups in total. The Morgan fingerprint density at radius 1 is 0.976 bits per heavy atom. The molecular weight excluding hydrogens is 518 g/mol. The van der Waals surface area contributed by atoms with E-state index in [2.05, 4.69) is 20.6 Å². The molecule has 0 atom stereocenters. The molecule has 9 nitrogen and oxygen atoms in total. The lowest BCUT2D eigenvalue weighted by atomic mass is 10.0. The number of fused-ring (bicyclic) bond motifs is 2. The number of aromatic nitrogens is 2. The van der Waals surface area contributed by atoms with Gasteiger partial charge >= 0.3 is 5.63 Å². The van der Waals surface area contributed by atoms with Crippen LogP contribution in [0.15, 0.2) is 88.2 Å². The van der Waals surface area contributed by atoms with E-state index in [1.165, 1.54) is 0 Å². The second-order valence-corrected chi connectivity index (χ2v) is 10.5. The fourth-order valence-electron chi connectivity index (χ4n) is 4.85. The van der Waals surface area contributed by atoms with E-state index < -0.39 is 11.2 Å². The zero-order valence-corrected chi connectivity index (χ0v) is 23.4. The summed E-state index contributed by atoms with van der Waals surface area (Å²) < 4.78 is 5.50. The third kappa shape index (κ3) is 5.79. The number of likely N-dealkylation sites (N-methyl/N-ethyl adjacent to an activating group) is 1. The lowest BCUT2D eigenvalue weighted by molar-refractivity contribution is -0.133. The van der Waals surface area contributed by atoms with Gasteiger partial charge in [0.25, 0.3) is 11.9 Å². The minimum absolute atomic E-state index is 0.0640. The van der Waals surface area contributed by atoms with Crippen LogP contribution in [0.2, 0.25) is 0 Å². The average Bonchev–Trinajstić information content (AvgIpc) is 2.96. The molecule has 0 saturated carbocycles. The molecule has 5 rings (SSSR count). The highest BCUT2D eigenvalue weighted by molar-refractivity contribution is 6.13. The molecule has 0 aliphatic carbocycles. The Morgan fingerprint density at radius 2 is 1.73 bits per heavy atom. The maximum atomic E-state index is 13.2. The van der Waals surface area contributed by atoms with Crippen molar-refractivity contribution in [3.63, 3.8) is 0 Å². The van der Waals surface area contributed by atoms with Crippen molar-refractivity contribution in [1.82, 2.24) is 14.9 Å². The number of carbonyl (C=O) groups excluding carboxylic acids is 2. The molecule has 3 aromatic carbocycles. The van der Waals surface area contributed by atoms with E-state index in [1.807, 2.05) is 54.6 Å². The van der Waals surface area contributed by atoms with Crippen molar-refractivity contribution in [3.8, 4) is 0 Å². The summed E-state index contributed by atoms with van der Waals surface area (Å²) in [4.78, 5) is 49.8. The predicted octanol–water partition coefficient (Wildman–Crippen LogP) is 5.19. The number of amides is 2. The molecule has 0 unspecified atom stereocenters. The molecule has 2 amide bonds. The molecule has 0 spiro atoms. The van der Waals surface area contributed by atoms with Crippen LogP contribution in [0.25, 0.3) is 21.7 Å².